The summed E-state index contributed by atoms with van der Waals surface area (Å²) < 4.78 is 0. The number of hydrazine groups is 1. The van der Waals surface area contributed by atoms with E-state index in [-0.39, 0.29) is 19.0 Å². The minimum Gasteiger partial charge on any atom is -0.333 e. The Hall–Kier alpha value is -3.19. The van der Waals surface area contributed by atoms with Gasteiger partial charge in [-0.3, -0.25) is 9.80 Å². The molecule has 1 heterocycles. The fourth-order valence-electron chi connectivity index (χ4n) is 3.52. The third-order valence-electron chi connectivity index (χ3n) is 5.16. The van der Waals surface area contributed by atoms with Crippen LogP contribution >= 0.6 is 0 Å². The van der Waals surface area contributed by atoms with Gasteiger partial charge in [-0.15, -0.1) is 0 Å². The van der Waals surface area contributed by atoms with Crippen molar-refractivity contribution in [2.75, 3.05) is 18.0 Å². The van der Waals surface area contributed by atoms with Crippen molar-refractivity contribution >= 4 is 23.9 Å². The van der Waals surface area contributed by atoms with Crippen LogP contribution in [-0.2, 0) is 17.8 Å². The third-order valence-corrected chi connectivity index (χ3v) is 5.16. The molecule has 2 aromatic rings. The predicted molar refractivity (Wildman–Crippen MR) is 111 cm³/mol. The van der Waals surface area contributed by atoms with Crippen molar-refractivity contribution in [3.63, 3.8) is 0 Å². The number of hydrogen-bond acceptors (Lipinski definition) is 4. The molecule has 152 valence electrons. The first kappa shape index (κ1) is 20.5. The Morgan fingerprint density at radius 3 is 2.76 bits per heavy atom. The van der Waals surface area contributed by atoms with E-state index in [1.54, 1.807) is 6.07 Å². The lowest BCUT2D eigenvalue weighted by molar-refractivity contribution is -0.108. The zero-order chi connectivity index (χ0) is 20.8. The molecule has 0 saturated carbocycles. The summed E-state index contributed by atoms with van der Waals surface area (Å²) in [5.74, 6) is 5.45. The average Bonchev–Trinajstić information content (AvgIpc) is 2.94. The van der Waals surface area contributed by atoms with Crippen molar-refractivity contribution in [3.8, 4) is 0 Å². The lowest BCUT2D eigenvalue weighted by Gasteiger charge is -2.23. The van der Waals surface area contributed by atoms with Gasteiger partial charge in [-0.25, -0.2) is 10.6 Å². The van der Waals surface area contributed by atoms with Crippen molar-refractivity contribution in [1.29, 1.82) is 0 Å². The fraction of sp³-hybridized carbons (Fsp3) is 0.318. The monoisotopic (exact) mass is 394 g/mol. The smallest absolute Gasteiger partial charge is 0.332 e. The Morgan fingerprint density at radius 2 is 2.00 bits per heavy atom. The van der Waals surface area contributed by atoms with Crippen LogP contribution < -0.4 is 16.1 Å². The van der Waals surface area contributed by atoms with Gasteiger partial charge in [0.05, 0.1) is 6.54 Å². The predicted octanol–water partition coefficient (Wildman–Crippen LogP) is 2.56. The number of benzene rings is 2. The molecule has 2 aromatic carbocycles. The highest BCUT2D eigenvalue weighted by Crippen LogP contribution is 2.27. The second-order valence-electron chi connectivity index (χ2n) is 7.16. The zero-order valence-electron chi connectivity index (χ0n) is 16.6. The number of anilines is 1. The minimum absolute atomic E-state index is 0.0165. The molecule has 1 aliphatic heterocycles. The molecule has 0 fully saturated rings. The number of carbonyl (C=O) groups is 3. The summed E-state index contributed by atoms with van der Waals surface area (Å²) in [5, 5.41) is 3.48. The number of nitrogens with zero attached hydrogens (tertiary/aromatic N) is 2. The van der Waals surface area contributed by atoms with Gasteiger partial charge >= 0.3 is 6.03 Å². The van der Waals surface area contributed by atoms with Crippen LogP contribution in [0.4, 0.5) is 10.5 Å². The number of nitrogens with two attached hydrogens (primary N) is 1. The molecule has 0 atom stereocenters. The van der Waals surface area contributed by atoms with Gasteiger partial charge in [0.15, 0.2) is 0 Å². The van der Waals surface area contributed by atoms with Crippen molar-refractivity contribution in [3.05, 3.63) is 64.7 Å². The maximum absolute atomic E-state index is 13.2. The van der Waals surface area contributed by atoms with E-state index >= 15 is 0 Å². The number of para-hydroxylation sites is 1. The normalized spacial score (nSPS) is 13.2. The largest absolute Gasteiger partial charge is 0.333 e. The highest BCUT2D eigenvalue weighted by atomic mass is 16.2. The van der Waals surface area contributed by atoms with E-state index < -0.39 is 6.03 Å². The van der Waals surface area contributed by atoms with Gasteiger partial charge in [0.1, 0.15) is 6.29 Å². The molecule has 0 saturated heterocycles. The number of aldehydes is 1. The van der Waals surface area contributed by atoms with Gasteiger partial charge in [0.2, 0.25) is 0 Å². The summed E-state index contributed by atoms with van der Waals surface area (Å²) in [7, 11) is 0. The molecule has 0 radical (unpaired) electrons. The Labute approximate surface area is 170 Å². The van der Waals surface area contributed by atoms with E-state index in [9.17, 15) is 14.4 Å². The molecule has 3 amide bonds. The van der Waals surface area contributed by atoms with Crippen LogP contribution in [0.15, 0.2) is 42.5 Å². The van der Waals surface area contributed by atoms with Crippen LogP contribution in [0.25, 0.3) is 0 Å². The summed E-state index contributed by atoms with van der Waals surface area (Å²) >= 11 is 0. The number of hydrogen-bond donors (Lipinski definition) is 2. The van der Waals surface area contributed by atoms with Crippen molar-refractivity contribution in [2.45, 2.75) is 32.7 Å². The standard InChI is InChI=1S/C22H26N4O3/c1-16-14-18(9-10-19(16)15-24-22(29)26(23)12-13-27)21(28)25-11-5-4-7-17-6-2-3-8-20(17)25/h2-3,6,8-10,13-14H,4-5,7,11-12,15,23H2,1H3,(H,24,29). The quantitative estimate of drug-likeness (QED) is 0.353. The molecular formula is C22H26N4O3. The molecule has 0 unspecified atom stereocenters. The molecule has 3 N–H and O–H groups in total. The van der Waals surface area contributed by atoms with Crippen LogP contribution in [0.2, 0.25) is 0 Å². The SMILES string of the molecule is Cc1cc(C(=O)N2CCCCc3ccccc32)ccc1CNC(=O)N(N)CC=O. The van der Waals surface area contributed by atoms with Crippen LogP contribution in [-0.4, -0.2) is 36.3 Å². The van der Waals surface area contributed by atoms with Gasteiger partial charge in [0, 0.05) is 24.3 Å². The first-order valence-corrected chi connectivity index (χ1v) is 9.74. The maximum Gasteiger partial charge on any atom is 0.332 e. The highest BCUT2D eigenvalue weighted by molar-refractivity contribution is 6.06. The second kappa shape index (κ2) is 9.34. The number of nitrogens with one attached hydrogen (secondary N) is 1. The Kier molecular flexibility index (Phi) is 6.61. The van der Waals surface area contributed by atoms with E-state index in [0.717, 1.165) is 41.1 Å². The van der Waals surface area contributed by atoms with Crippen LogP contribution in [0.5, 0.6) is 0 Å². The van der Waals surface area contributed by atoms with E-state index in [1.165, 1.54) is 5.56 Å². The molecule has 7 nitrogen and oxygen atoms in total. The molecule has 0 aromatic heterocycles. The maximum atomic E-state index is 13.2. The molecule has 7 heteroatoms. The van der Waals surface area contributed by atoms with E-state index in [4.69, 9.17) is 5.84 Å². The van der Waals surface area contributed by atoms with Crippen molar-refractivity contribution in [2.24, 2.45) is 5.84 Å². The summed E-state index contributed by atoms with van der Waals surface area (Å²) in [4.78, 5) is 37.3. The Morgan fingerprint density at radius 1 is 1.21 bits per heavy atom. The fourth-order valence-corrected chi connectivity index (χ4v) is 3.52. The second-order valence-corrected chi connectivity index (χ2v) is 7.16. The van der Waals surface area contributed by atoms with E-state index in [2.05, 4.69) is 11.4 Å². The molecule has 29 heavy (non-hydrogen) atoms. The highest BCUT2D eigenvalue weighted by Gasteiger charge is 2.22. The van der Waals surface area contributed by atoms with Gasteiger partial charge in [-0.05, 0) is 61.1 Å². The molecule has 0 aliphatic carbocycles. The molecular weight excluding hydrogens is 368 g/mol. The summed E-state index contributed by atoms with van der Waals surface area (Å²) in [6.07, 6.45) is 3.59. The Balaban J connectivity index is 1.74. The topological polar surface area (TPSA) is 95.7 Å². The Bertz CT molecular complexity index is 913. The molecule has 3 rings (SSSR count). The average molecular weight is 394 g/mol. The van der Waals surface area contributed by atoms with Gasteiger partial charge in [0.25, 0.3) is 5.91 Å². The summed E-state index contributed by atoms with van der Waals surface area (Å²) in [6.45, 7) is 2.70. The number of rotatable bonds is 5. The number of fused-ring (bicyclic) bond motifs is 1. The van der Waals surface area contributed by atoms with Gasteiger partial charge in [-0.2, -0.15) is 0 Å². The van der Waals surface area contributed by atoms with E-state index in [0.29, 0.717) is 18.4 Å². The lowest BCUT2D eigenvalue weighted by atomic mass is 10.0. The van der Waals surface area contributed by atoms with Crippen molar-refractivity contribution < 1.29 is 14.4 Å². The third kappa shape index (κ3) is 4.81. The molecule has 0 spiro atoms. The first-order chi connectivity index (χ1) is 14.0. The van der Waals surface area contributed by atoms with Crippen LogP contribution in [0, 0.1) is 6.92 Å². The number of aryl methyl sites for hydroxylation is 2. The van der Waals surface area contributed by atoms with E-state index in [1.807, 2.05) is 42.2 Å². The van der Waals surface area contributed by atoms with Gasteiger partial charge in [-0.1, -0.05) is 24.3 Å². The number of amides is 3. The minimum atomic E-state index is -0.530. The van der Waals surface area contributed by atoms with Crippen molar-refractivity contribution in [1.82, 2.24) is 10.3 Å². The van der Waals surface area contributed by atoms with Crippen LogP contribution in [0.3, 0.4) is 0 Å². The first-order valence-electron chi connectivity index (χ1n) is 9.74. The summed E-state index contributed by atoms with van der Waals surface area (Å²) in [5.41, 5.74) is 4.60. The van der Waals surface area contributed by atoms with Crippen LogP contribution in [0.1, 0.15) is 39.9 Å². The van der Waals surface area contributed by atoms with Gasteiger partial charge < -0.3 is 15.0 Å². The molecule has 1 aliphatic rings. The lowest BCUT2D eigenvalue weighted by Crippen LogP contribution is -2.45. The number of carbonyl (C=O) groups excluding carboxylic acids is 3. The zero-order valence-corrected chi connectivity index (χ0v) is 16.6. The number of urea groups is 1. The summed E-state index contributed by atoms with van der Waals surface area (Å²) in [6, 6.07) is 13.0. The molecule has 0 bridgehead atoms.